The molecule has 1 aromatic carbocycles. The number of carbonyl (C=O) groups is 1. The summed E-state index contributed by atoms with van der Waals surface area (Å²) in [5, 5.41) is 13.7. The van der Waals surface area contributed by atoms with Crippen LogP contribution < -0.4 is 10.1 Å². The molecule has 3 rings (SSSR count). The lowest BCUT2D eigenvalue weighted by molar-refractivity contribution is -0.132. The van der Waals surface area contributed by atoms with Gasteiger partial charge in [-0.3, -0.25) is 9.69 Å². The minimum absolute atomic E-state index is 0.140. The van der Waals surface area contributed by atoms with Gasteiger partial charge in [-0.15, -0.1) is 0 Å². The Morgan fingerprint density at radius 1 is 1.06 bits per heavy atom. The second kappa shape index (κ2) is 11.8. The number of rotatable bonds is 6. The number of nitrogens with one attached hydrogen (secondary N) is 1. The van der Waals surface area contributed by atoms with E-state index in [0.29, 0.717) is 18.8 Å². The first-order valence-corrected chi connectivity index (χ1v) is 11.5. The van der Waals surface area contributed by atoms with E-state index in [1.807, 2.05) is 17.0 Å². The van der Waals surface area contributed by atoms with Crippen molar-refractivity contribution in [2.45, 2.75) is 39.2 Å². The molecule has 2 aliphatic heterocycles. The third-order valence-electron chi connectivity index (χ3n) is 6.03. The van der Waals surface area contributed by atoms with Crippen LogP contribution in [0.1, 0.15) is 38.2 Å². The molecule has 31 heavy (non-hydrogen) atoms. The summed E-state index contributed by atoms with van der Waals surface area (Å²) in [6, 6.07) is 5.45. The number of para-hydroxylation sites is 1. The summed E-state index contributed by atoms with van der Waals surface area (Å²) in [6.07, 6.45) is 4.74. The number of likely N-dealkylation sites (tertiary alicyclic amines) is 1. The van der Waals surface area contributed by atoms with Crippen LogP contribution in [0.3, 0.4) is 0 Å². The molecule has 2 saturated heterocycles. The average Bonchev–Trinajstić information content (AvgIpc) is 3.08. The van der Waals surface area contributed by atoms with E-state index in [2.05, 4.69) is 22.0 Å². The molecule has 172 valence electrons. The van der Waals surface area contributed by atoms with Crippen LogP contribution in [0.25, 0.3) is 0 Å². The Morgan fingerprint density at radius 3 is 2.42 bits per heavy atom. The van der Waals surface area contributed by atoms with Crippen molar-refractivity contribution in [2.24, 2.45) is 4.99 Å². The number of benzene rings is 1. The molecule has 2 aliphatic rings. The van der Waals surface area contributed by atoms with Crippen LogP contribution in [0.5, 0.6) is 11.5 Å². The van der Waals surface area contributed by atoms with E-state index < -0.39 is 0 Å². The molecule has 0 aliphatic carbocycles. The maximum atomic E-state index is 12.7. The summed E-state index contributed by atoms with van der Waals surface area (Å²) in [4.78, 5) is 23.9. The summed E-state index contributed by atoms with van der Waals surface area (Å²) in [5.41, 5.74) is 0.733. The van der Waals surface area contributed by atoms with Gasteiger partial charge in [0.1, 0.15) is 0 Å². The lowest BCUT2D eigenvalue weighted by Gasteiger charge is -2.37. The number of amides is 1. The number of carbonyl (C=O) groups excluding carboxylic acids is 1. The van der Waals surface area contributed by atoms with E-state index in [1.54, 1.807) is 13.2 Å². The van der Waals surface area contributed by atoms with Gasteiger partial charge in [-0.2, -0.15) is 0 Å². The zero-order valence-corrected chi connectivity index (χ0v) is 19.0. The summed E-state index contributed by atoms with van der Waals surface area (Å²) in [6.45, 7) is 8.86. The Balaban J connectivity index is 1.54. The van der Waals surface area contributed by atoms with E-state index in [1.165, 1.54) is 12.8 Å². The Bertz CT molecular complexity index is 739. The van der Waals surface area contributed by atoms with Gasteiger partial charge in [-0.25, -0.2) is 4.99 Å². The number of phenols is 1. The standard InChI is InChI=1S/C23H37N5O3/c1-3-24-23(25-17-19-9-8-10-20(31-2)22(19)30)28-15-13-26(14-16-28)18-21(29)27-11-6-4-5-7-12-27/h8-10,30H,3-7,11-18H2,1-2H3,(H,24,25). The van der Waals surface area contributed by atoms with Crippen molar-refractivity contribution in [3.05, 3.63) is 23.8 Å². The zero-order chi connectivity index (χ0) is 22.1. The molecule has 1 amide bonds. The molecule has 2 heterocycles. The molecule has 0 unspecified atom stereocenters. The van der Waals surface area contributed by atoms with Crippen LogP contribution in [0.2, 0.25) is 0 Å². The Labute approximate surface area is 185 Å². The van der Waals surface area contributed by atoms with E-state index in [4.69, 9.17) is 9.73 Å². The monoisotopic (exact) mass is 431 g/mol. The molecule has 8 heteroatoms. The fourth-order valence-corrected chi connectivity index (χ4v) is 4.18. The van der Waals surface area contributed by atoms with Crippen molar-refractivity contribution in [2.75, 3.05) is 59.5 Å². The summed E-state index contributed by atoms with van der Waals surface area (Å²) in [7, 11) is 1.54. The van der Waals surface area contributed by atoms with Crippen molar-refractivity contribution >= 4 is 11.9 Å². The molecule has 0 spiro atoms. The van der Waals surface area contributed by atoms with Crippen molar-refractivity contribution in [3.8, 4) is 11.5 Å². The number of phenolic OH excluding ortho intramolecular Hbond substituents is 1. The van der Waals surface area contributed by atoms with Gasteiger partial charge in [0.05, 0.1) is 20.2 Å². The van der Waals surface area contributed by atoms with Crippen molar-refractivity contribution in [1.82, 2.24) is 20.0 Å². The quantitative estimate of drug-likeness (QED) is 0.529. The molecule has 2 N–H and O–H groups in total. The third kappa shape index (κ3) is 6.50. The summed E-state index contributed by atoms with van der Waals surface area (Å²) in [5.74, 6) is 1.70. The molecule has 0 bridgehead atoms. The number of aromatic hydroxyl groups is 1. The van der Waals surface area contributed by atoms with E-state index >= 15 is 0 Å². The molecule has 0 saturated carbocycles. The Morgan fingerprint density at radius 2 is 1.77 bits per heavy atom. The normalized spacial score (nSPS) is 18.6. The van der Waals surface area contributed by atoms with Crippen LogP contribution >= 0.6 is 0 Å². The van der Waals surface area contributed by atoms with Gasteiger partial charge in [0.25, 0.3) is 0 Å². The fourth-order valence-electron chi connectivity index (χ4n) is 4.18. The van der Waals surface area contributed by atoms with Crippen LogP contribution in [0.15, 0.2) is 23.2 Å². The molecule has 2 fully saturated rings. The van der Waals surface area contributed by atoms with Crippen molar-refractivity contribution in [1.29, 1.82) is 0 Å². The fraction of sp³-hybridized carbons (Fsp3) is 0.652. The highest BCUT2D eigenvalue weighted by Crippen LogP contribution is 2.29. The lowest BCUT2D eigenvalue weighted by atomic mass is 10.2. The van der Waals surface area contributed by atoms with E-state index in [9.17, 15) is 9.90 Å². The predicted octanol–water partition coefficient (Wildman–Crippen LogP) is 1.89. The number of hydrogen-bond acceptors (Lipinski definition) is 5. The zero-order valence-electron chi connectivity index (χ0n) is 19.0. The van der Waals surface area contributed by atoms with E-state index in [-0.39, 0.29) is 11.7 Å². The van der Waals surface area contributed by atoms with Gasteiger partial charge in [0.2, 0.25) is 5.91 Å². The molecule has 0 atom stereocenters. The van der Waals surface area contributed by atoms with Crippen LogP contribution in [0.4, 0.5) is 0 Å². The van der Waals surface area contributed by atoms with Gasteiger partial charge in [-0.1, -0.05) is 25.0 Å². The molecular formula is C23H37N5O3. The van der Waals surface area contributed by atoms with Gasteiger partial charge in [0, 0.05) is 51.4 Å². The number of guanidine groups is 1. The largest absolute Gasteiger partial charge is 0.504 e. The number of piperazine rings is 1. The number of hydrogen-bond donors (Lipinski definition) is 2. The maximum Gasteiger partial charge on any atom is 0.236 e. The minimum atomic E-state index is 0.140. The SMILES string of the molecule is CCNC(=NCc1cccc(OC)c1O)N1CCN(CC(=O)N2CCCCCC2)CC1. The summed E-state index contributed by atoms with van der Waals surface area (Å²) < 4.78 is 5.19. The van der Waals surface area contributed by atoms with Crippen LogP contribution in [-0.2, 0) is 11.3 Å². The van der Waals surface area contributed by atoms with Gasteiger partial charge in [0.15, 0.2) is 17.5 Å². The second-order valence-corrected chi connectivity index (χ2v) is 8.20. The van der Waals surface area contributed by atoms with E-state index in [0.717, 1.165) is 70.2 Å². The minimum Gasteiger partial charge on any atom is -0.504 e. The number of ether oxygens (including phenoxy) is 1. The van der Waals surface area contributed by atoms with Gasteiger partial charge < -0.3 is 25.0 Å². The first kappa shape index (κ1) is 23.2. The van der Waals surface area contributed by atoms with Crippen molar-refractivity contribution in [3.63, 3.8) is 0 Å². The highest BCUT2D eigenvalue weighted by molar-refractivity contribution is 5.80. The summed E-state index contributed by atoms with van der Waals surface area (Å²) >= 11 is 0. The highest BCUT2D eigenvalue weighted by atomic mass is 16.5. The van der Waals surface area contributed by atoms with Crippen molar-refractivity contribution < 1.29 is 14.6 Å². The van der Waals surface area contributed by atoms with Gasteiger partial charge >= 0.3 is 0 Å². The Hall–Kier alpha value is -2.48. The van der Waals surface area contributed by atoms with Crippen LogP contribution in [-0.4, -0.2) is 91.1 Å². The number of methoxy groups -OCH3 is 1. The first-order chi connectivity index (χ1) is 15.1. The van der Waals surface area contributed by atoms with Crippen LogP contribution in [0, 0.1) is 0 Å². The smallest absolute Gasteiger partial charge is 0.236 e. The molecule has 0 radical (unpaired) electrons. The first-order valence-electron chi connectivity index (χ1n) is 11.5. The highest BCUT2D eigenvalue weighted by Gasteiger charge is 2.23. The average molecular weight is 432 g/mol. The number of nitrogens with zero attached hydrogens (tertiary/aromatic N) is 4. The Kier molecular flexibility index (Phi) is 8.82. The molecule has 8 nitrogen and oxygen atoms in total. The predicted molar refractivity (Wildman–Crippen MR) is 123 cm³/mol. The molecular weight excluding hydrogens is 394 g/mol. The third-order valence-corrected chi connectivity index (χ3v) is 6.03. The second-order valence-electron chi connectivity index (χ2n) is 8.20. The molecule has 0 aromatic heterocycles. The van der Waals surface area contributed by atoms with Gasteiger partial charge in [-0.05, 0) is 25.8 Å². The topological polar surface area (TPSA) is 80.6 Å². The molecule has 1 aromatic rings. The lowest BCUT2D eigenvalue weighted by Crippen LogP contribution is -2.54. The number of aliphatic imine (C=N–C) groups is 1. The maximum absolute atomic E-state index is 12.7.